The van der Waals surface area contributed by atoms with Crippen molar-refractivity contribution in [3.05, 3.63) is 49.8 Å². The lowest BCUT2D eigenvalue weighted by Gasteiger charge is -2.18. The maximum absolute atomic E-state index is 12.5. The van der Waals surface area contributed by atoms with Crippen molar-refractivity contribution in [1.82, 2.24) is 0 Å². The van der Waals surface area contributed by atoms with Gasteiger partial charge in [0.25, 0.3) is 5.91 Å². The molecular weight excluding hydrogens is 379 g/mol. The topological polar surface area (TPSA) is 72.2 Å². The molecule has 7 heteroatoms. The highest BCUT2D eigenvalue weighted by molar-refractivity contribution is 7.17. The van der Waals surface area contributed by atoms with Crippen molar-refractivity contribution in [1.29, 1.82) is 0 Å². The number of amides is 2. The van der Waals surface area contributed by atoms with Gasteiger partial charge in [-0.25, -0.2) is 0 Å². The van der Waals surface area contributed by atoms with Crippen molar-refractivity contribution < 1.29 is 9.59 Å². The van der Waals surface area contributed by atoms with Gasteiger partial charge in [0.15, 0.2) is 0 Å². The highest BCUT2D eigenvalue weighted by atomic mass is 35.5. The Morgan fingerprint density at radius 1 is 1.32 bits per heavy atom. The minimum atomic E-state index is -0.502. The zero-order valence-corrected chi connectivity index (χ0v) is 16.0. The van der Waals surface area contributed by atoms with E-state index in [-0.39, 0.29) is 12.3 Å². The number of carbonyl (C=O) groups excluding carboxylic acids is 2. The number of halogens is 2. The lowest BCUT2D eigenvalue weighted by molar-refractivity contribution is -0.115. The molecule has 25 heavy (non-hydrogen) atoms. The summed E-state index contributed by atoms with van der Waals surface area (Å²) >= 11 is 13.7. The minimum Gasteiger partial charge on any atom is -0.365 e. The Morgan fingerprint density at radius 2 is 2.00 bits per heavy atom. The number of benzene rings is 1. The molecular formula is C18H18Cl2N2O2S. The van der Waals surface area contributed by atoms with E-state index < -0.39 is 5.91 Å². The Kier molecular flexibility index (Phi) is 5.37. The SMILES string of the molecule is C[C@H]1CCc2c(sc(NC(=O)Cc3c(Cl)cccc3Cl)c2C(N)=O)C1. The van der Waals surface area contributed by atoms with Crippen LogP contribution in [0.1, 0.15) is 39.7 Å². The number of rotatable bonds is 4. The molecule has 1 aromatic carbocycles. The smallest absolute Gasteiger partial charge is 0.251 e. The van der Waals surface area contributed by atoms with Crippen LogP contribution in [0.25, 0.3) is 0 Å². The molecule has 2 amide bonds. The van der Waals surface area contributed by atoms with Crippen LogP contribution in [-0.2, 0) is 24.1 Å². The molecule has 1 atom stereocenters. The van der Waals surface area contributed by atoms with Crippen molar-refractivity contribution in [2.75, 3.05) is 5.32 Å². The van der Waals surface area contributed by atoms with Crippen LogP contribution < -0.4 is 11.1 Å². The summed E-state index contributed by atoms with van der Waals surface area (Å²) in [6, 6.07) is 5.11. The predicted molar refractivity (Wildman–Crippen MR) is 103 cm³/mol. The number of carbonyl (C=O) groups is 2. The number of primary amides is 1. The predicted octanol–water partition coefficient (Wildman–Crippen LogP) is 4.46. The van der Waals surface area contributed by atoms with Gasteiger partial charge in [0.2, 0.25) is 5.91 Å². The van der Waals surface area contributed by atoms with Gasteiger partial charge in [-0.2, -0.15) is 0 Å². The average Bonchev–Trinajstić information content (AvgIpc) is 2.88. The van der Waals surface area contributed by atoms with E-state index in [1.54, 1.807) is 18.2 Å². The first-order valence-corrected chi connectivity index (χ1v) is 9.61. The quantitative estimate of drug-likeness (QED) is 0.800. The van der Waals surface area contributed by atoms with Gasteiger partial charge in [-0.05, 0) is 48.4 Å². The molecule has 132 valence electrons. The third-order valence-electron chi connectivity index (χ3n) is 4.41. The zero-order valence-electron chi connectivity index (χ0n) is 13.7. The van der Waals surface area contributed by atoms with Gasteiger partial charge < -0.3 is 11.1 Å². The maximum atomic E-state index is 12.5. The molecule has 0 unspecified atom stereocenters. The van der Waals surface area contributed by atoms with E-state index in [4.69, 9.17) is 28.9 Å². The van der Waals surface area contributed by atoms with E-state index in [1.165, 1.54) is 11.3 Å². The fourth-order valence-corrected chi connectivity index (χ4v) is 5.10. The van der Waals surface area contributed by atoms with Gasteiger partial charge in [0, 0.05) is 14.9 Å². The number of anilines is 1. The Bertz CT molecular complexity index is 828. The fourth-order valence-electron chi connectivity index (χ4n) is 3.13. The van der Waals surface area contributed by atoms with Crippen LogP contribution in [0, 0.1) is 5.92 Å². The fraction of sp³-hybridized carbons (Fsp3) is 0.333. The summed E-state index contributed by atoms with van der Waals surface area (Å²) in [5.41, 5.74) is 7.57. The molecule has 2 aromatic rings. The lowest BCUT2D eigenvalue weighted by atomic mass is 9.88. The van der Waals surface area contributed by atoms with Crippen molar-refractivity contribution in [2.24, 2.45) is 11.7 Å². The number of nitrogens with two attached hydrogens (primary N) is 1. The van der Waals surface area contributed by atoms with Crippen LogP contribution in [0.5, 0.6) is 0 Å². The number of thiophene rings is 1. The molecule has 0 radical (unpaired) electrons. The molecule has 0 saturated carbocycles. The van der Waals surface area contributed by atoms with Crippen molar-refractivity contribution in [3.8, 4) is 0 Å². The average molecular weight is 397 g/mol. The third-order valence-corrected chi connectivity index (χ3v) is 6.29. The summed E-state index contributed by atoms with van der Waals surface area (Å²) in [7, 11) is 0. The summed E-state index contributed by atoms with van der Waals surface area (Å²) in [4.78, 5) is 25.5. The van der Waals surface area contributed by atoms with Crippen LogP contribution in [0.4, 0.5) is 5.00 Å². The van der Waals surface area contributed by atoms with E-state index in [0.717, 1.165) is 29.7 Å². The largest absolute Gasteiger partial charge is 0.365 e. The second kappa shape index (κ2) is 7.36. The molecule has 1 aromatic heterocycles. The molecule has 4 nitrogen and oxygen atoms in total. The Hall–Kier alpha value is -1.56. The van der Waals surface area contributed by atoms with Crippen LogP contribution in [0.2, 0.25) is 10.0 Å². The number of hydrogen-bond donors (Lipinski definition) is 2. The van der Waals surface area contributed by atoms with Gasteiger partial charge in [-0.1, -0.05) is 36.2 Å². The molecule has 0 saturated heterocycles. The van der Waals surface area contributed by atoms with Crippen molar-refractivity contribution in [2.45, 2.75) is 32.6 Å². The molecule has 0 spiro atoms. The van der Waals surface area contributed by atoms with Gasteiger partial charge in [0.1, 0.15) is 5.00 Å². The molecule has 1 aliphatic rings. The molecule has 1 heterocycles. The second-order valence-electron chi connectivity index (χ2n) is 6.35. The van der Waals surface area contributed by atoms with Crippen LogP contribution in [0.3, 0.4) is 0 Å². The zero-order chi connectivity index (χ0) is 18.1. The van der Waals surface area contributed by atoms with E-state index >= 15 is 0 Å². The number of hydrogen-bond acceptors (Lipinski definition) is 3. The molecule has 0 fully saturated rings. The molecule has 3 rings (SSSR count). The monoisotopic (exact) mass is 396 g/mol. The highest BCUT2D eigenvalue weighted by Crippen LogP contribution is 2.39. The minimum absolute atomic E-state index is 0.0374. The van der Waals surface area contributed by atoms with Crippen LogP contribution >= 0.6 is 34.5 Å². The molecule has 0 bridgehead atoms. The first-order chi connectivity index (χ1) is 11.9. The van der Waals surface area contributed by atoms with E-state index in [1.807, 2.05) is 0 Å². The lowest BCUT2D eigenvalue weighted by Crippen LogP contribution is -2.20. The summed E-state index contributed by atoms with van der Waals surface area (Å²) < 4.78 is 0. The van der Waals surface area contributed by atoms with Crippen molar-refractivity contribution >= 4 is 51.4 Å². The maximum Gasteiger partial charge on any atom is 0.251 e. The summed E-state index contributed by atoms with van der Waals surface area (Å²) in [6.45, 7) is 2.18. The summed E-state index contributed by atoms with van der Waals surface area (Å²) in [5, 5.41) is 4.24. The van der Waals surface area contributed by atoms with E-state index in [0.29, 0.717) is 32.1 Å². The Morgan fingerprint density at radius 3 is 2.64 bits per heavy atom. The van der Waals surface area contributed by atoms with Gasteiger partial charge in [-0.15, -0.1) is 11.3 Å². The highest BCUT2D eigenvalue weighted by Gasteiger charge is 2.27. The second-order valence-corrected chi connectivity index (χ2v) is 8.26. The summed E-state index contributed by atoms with van der Waals surface area (Å²) in [6.07, 6.45) is 2.78. The molecule has 1 aliphatic carbocycles. The first-order valence-electron chi connectivity index (χ1n) is 8.04. The van der Waals surface area contributed by atoms with E-state index in [9.17, 15) is 9.59 Å². The third kappa shape index (κ3) is 3.84. The summed E-state index contributed by atoms with van der Waals surface area (Å²) in [5.74, 6) is -0.209. The Labute approximate surface area is 160 Å². The van der Waals surface area contributed by atoms with Crippen molar-refractivity contribution in [3.63, 3.8) is 0 Å². The van der Waals surface area contributed by atoms with Gasteiger partial charge >= 0.3 is 0 Å². The van der Waals surface area contributed by atoms with Gasteiger partial charge in [0.05, 0.1) is 12.0 Å². The number of fused-ring (bicyclic) bond motifs is 1. The Balaban J connectivity index is 1.85. The standard InChI is InChI=1S/C18H18Cl2N2O2S/c1-9-5-6-10-14(7-9)25-18(16(10)17(21)24)22-15(23)8-11-12(19)3-2-4-13(11)20/h2-4,9H,5-8H2,1H3,(H2,21,24)(H,22,23)/t9-/m0/s1. The van der Waals surface area contributed by atoms with E-state index in [2.05, 4.69) is 12.2 Å². The van der Waals surface area contributed by atoms with Crippen LogP contribution in [-0.4, -0.2) is 11.8 Å². The molecule has 0 aliphatic heterocycles. The normalized spacial score (nSPS) is 16.4. The molecule has 3 N–H and O–H groups in total. The van der Waals surface area contributed by atoms with Gasteiger partial charge in [-0.3, -0.25) is 9.59 Å². The number of nitrogens with one attached hydrogen (secondary N) is 1. The van der Waals surface area contributed by atoms with Crippen LogP contribution in [0.15, 0.2) is 18.2 Å². The first kappa shape index (κ1) is 18.2.